The van der Waals surface area contributed by atoms with Crippen LogP contribution >= 0.6 is 24.8 Å². The van der Waals surface area contributed by atoms with E-state index < -0.39 is 6.04 Å². The molecule has 0 aromatic rings. The first-order valence-electron chi connectivity index (χ1n) is 8.10. The molecule has 0 aliphatic carbocycles. The van der Waals surface area contributed by atoms with Crippen LogP contribution < -0.4 is 11.1 Å². The Labute approximate surface area is 153 Å². The van der Waals surface area contributed by atoms with E-state index in [1.165, 1.54) is 0 Å². The molecule has 1 saturated heterocycles. The molecule has 0 bridgehead atoms. The lowest BCUT2D eigenvalue weighted by atomic mass is 9.86. The second kappa shape index (κ2) is 11.5. The summed E-state index contributed by atoms with van der Waals surface area (Å²) in [5.74, 6) is -0.0240. The van der Waals surface area contributed by atoms with E-state index in [-0.39, 0.29) is 42.2 Å². The molecule has 7 heteroatoms. The Morgan fingerprint density at radius 1 is 1.26 bits per heavy atom. The Morgan fingerprint density at radius 2 is 1.78 bits per heavy atom. The number of rotatable bonds is 6. The molecule has 140 valence electrons. The molecule has 1 amide bonds. The van der Waals surface area contributed by atoms with Gasteiger partial charge in [0, 0.05) is 25.7 Å². The topological polar surface area (TPSA) is 67.6 Å². The van der Waals surface area contributed by atoms with Crippen LogP contribution in [0.2, 0.25) is 0 Å². The highest BCUT2D eigenvalue weighted by Crippen LogP contribution is 2.18. The number of carbonyl (C=O) groups excluding carboxylic acids is 1. The minimum absolute atomic E-state index is 0. The van der Waals surface area contributed by atoms with Crippen LogP contribution in [-0.4, -0.2) is 55.2 Å². The number of likely N-dealkylation sites (tertiary alicyclic amines) is 1. The van der Waals surface area contributed by atoms with Crippen molar-refractivity contribution in [2.24, 2.45) is 11.1 Å². The molecular formula is C16H35Cl2N3O2. The number of hydrogen-bond acceptors (Lipinski definition) is 4. The Kier molecular flexibility index (Phi) is 12.6. The number of nitrogens with zero attached hydrogens (tertiary/aromatic N) is 1. The summed E-state index contributed by atoms with van der Waals surface area (Å²) in [7, 11) is 0. The van der Waals surface area contributed by atoms with Crippen LogP contribution in [-0.2, 0) is 9.53 Å². The van der Waals surface area contributed by atoms with Crippen LogP contribution in [0.4, 0.5) is 0 Å². The molecule has 1 aliphatic heterocycles. The van der Waals surface area contributed by atoms with Crippen molar-refractivity contribution in [3.63, 3.8) is 0 Å². The number of amides is 1. The number of halogens is 2. The van der Waals surface area contributed by atoms with E-state index in [0.29, 0.717) is 6.10 Å². The summed E-state index contributed by atoms with van der Waals surface area (Å²) in [4.78, 5) is 14.5. The van der Waals surface area contributed by atoms with Gasteiger partial charge in [-0.25, -0.2) is 0 Å². The number of carbonyl (C=O) groups is 1. The van der Waals surface area contributed by atoms with Crippen LogP contribution in [0.5, 0.6) is 0 Å². The summed E-state index contributed by atoms with van der Waals surface area (Å²) in [5.41, 5.74) is 5.80. The number of nitrogens with two attached hydrogens (primary N) is 1. The van der Waals surface area contributed by atoms with Crippen LogP contribution in [0.25, 0.3) is 0 Å². The molecule has 1 aliphatic rings. The maximum absolute atomic E-state index is 12.1. The molecule has 0 aromatic heterocycles. The van der Waals surface area contributed by atoms with Crippen LogP contribution in [0.3, 0.4) is 0 Å². The van der Waals surface area contributed by atoms with E-state index >= 15 is 0 Å². The van der Waals surface area contributed by atoms with Gasteiger partial charge in [-0.2, -0.15) is 0 Å². The molecule has 0 spiro atoms. The standard InChI is InChI=1S/C16H33N3O2.2ClH/c1-12(2)21-11-10-19-8-6-13(7-9-19)18-15(20)14(17)16(3,4)5;;/h12-14H,6-11,17H2,1-5H3,(H,18,20);2*1H/t14-;;/m1../s1. The number of piperidine rings is 1. The molecule has 3 N–H and O–H groups in total. The normalized spacial score (nSPS) is 18.0. The fourth-order valence-electron chi connectivity index (χ4n) is 2.40. The van der Waals surface area contributed by atoms with Gasteiger partial charge < -0.3 is 20.7 Å². The van der Waals surface area contributed by atoms with Crippen molar-refractivity contribution in [1.29, 1.82) is 0 Å². The van der Waals surface area contributed by atoms with E-state index in [1.54, 1.807) is 0 Å². The Hall–Kier alpha value is -0.0700. The van der Waals surface area contributed by atoms with Crippen LogP contribution in [0.15, 0.2) is 0 Å². The lowest BCUT2D eigenvalue weighted by Gasteiger charge is -2.34. The number of hydrogen-bond donors (Lipinski definition) is 2. The van der Waals surface area contributed by atoms with Crippen LogP contribution in [0.1, 0.15) is 47.5 Å². The van der Waals surface area contributed by atoms with Crippen LogP contribution in [0, 0.1) is 5.41 Å². The van der Waals surface area contributed by atoms with E-state index in [0.717, 1.165) is 39.1 Å². The average Bonchev–Trinajstić information content (AvgIpc) is 2.38. The summed E-state index contributed by atoms with van der Waals surface area (Å²) in [6, 6.07) is -0.192. The van der Waals surface area contributed by atoms with E-state index in [9.17, 15) is 4.79 Å². The fraction of sp³-hybridized carbons (Fsp3) is 0.938. The predicted octanol–water partition coefficient (Wildman–Crippen LogP) is 2.21. The zero-order valence-electron chi connectivity index (χ0n) is 15.1. The second-order valence-corrected chi connectivity index (χ2v) is 7.39. The molecule has 1 atom stereocenters. The van der Waals surface area contributed by atoms with E-state index in [4.69, 9.17) is 10.5 Å². The SMILES string of the molecule is CC(C)OCCN1CCC(NC(=O)[C@@H](N)C(C)(C)C)CC1.Cl.Cl. The third-order valence-electron chi connectivity index (χ3n) is 4.01. The summed E-state index contributed by atoms with van der Waals surface area (Å²) in [5, 5.41) is 3.10. The zero-order valence-corrected chi connectivity index (χ0v) is 16.8. The lowest BCUT2D eigenvalue weighted by molar-refractivity contribution is -0.125. The van der Waals surface area contributed by atoms with Gasteiger partial charge in [0.25, 0.3) is 0 Å². The molecule has 5 nitrogen and oxygen atoms in total. The highest BCUT2D eigenvalue weighted by Gasteiger charge is 2.29. The first kappa shape index (κ1) is 25.2. The number of ether oxygens (including phenoxy) is 1. The molecule has 1 rings (SSSR count). The van der Waals surface area contributed by atoms with Gasteiger partial charge in [0.2, 0.25) is 5.91 Å². The summed E-state index contributed by atoms with van der Waals surface area (Å²) >= 11 is 0. The van der Waals surface area contributed by atoms with Crippen molar-refractivity contribution in [3.8, 4) is 0 Å². The van der Waals surface area contributed by atoms with Gasteiger partial charge in [0.05, 0.1) is 18.8 Å². The van der Waals surface area contributed by atoms with Crippen molar-refractivity contribution in [2.75, 3.05) is 26.2 Å². The largest absolute Gasteiger partial charge is 0.377 e. The first-order chi connectivity index (χ1) is 9.70. The van der Waals surface area contributed by atoms with Gasteiger partial charge in [0.1, 0.15) is 0 Å². The monoisotopic (exact) mass is 371 g/mol. The van der Waals surface area contributed by atoms with E-state index in [1.807, 2.05) is 20.8 Å². The highest BCUT2D eigenvalue weighted by molar-refractivity contribution is 5.85. The zero-order chi connectivity index (χ0) is 16.0. The lowest BCUT2D eigenvalue weighted by Crippen LogP contribution is -2.53. The third-order valence-corrected chi connectivity index (χ3v) is 4.01. The van der Waals surface area contributed by atoms with Gasteiger partial charge in [-0.15, -0.1) is 24.8 Å². The summed E-state index contributed by atoms with van der Waals surface area (Å²) in [6.07, 6.45) is 2.27. The van der Waals surface area contributed by atoms with Crippen molar-refractivity contribution in [3.05, 3.63) is 0 Å². The Morgan fingerprint density at radius 3 is 2.22 bits per heavy atom. The average molecular weight is 372 g/mol. The summed E-state index contributed by atoms with van der Waals surface area (Å²) in [6.45, 7) is 13.9. The van der Waals surface area contributed by atoms with Crippen molar-refractivity contribution >= 4 is 30.7 Å². The maximum atomic E-state index is 12.1. The molecule has 0 unspecified atom stereocenters. The Balaban J connectivity index is 0. The molecule has 0 saturated carbocycles. The minimum Gasteiger partial charge on any atom is -0.377 e. The van der Waals surface area contributed by atoms with Crippen molar-refractivity contribution in [2.45, 2.75) is 65.6 Å². The minimum atomic E-state index is -0.449. The van der Waals surface area contributed by atoms with Gasteiger partial charge in [0.15, 0.2) is 0 Å². The highest BCUT2D eigenvalue weighted by atomic mass is 35.5. The molecule has 1 heterocycles. The fourth-order valence-corrected chi connectivity index (χ4v) is 2.40. The predicted molar refractivity (Wildman–Crippen MR) is 101 cm³/mol. The smallest absolute Gasteiger partial charge is 0.237 e. The molecule has 1 fully saturated rings. The quantitative estimate of drug-likeness (QED) is 0.750. The molecule has 23 heavy (non-hydrogen) atoms. The maximum Gasteiger partial charge on any atom is 0.237 e. The van der Waals surface area contributed by atoms with Gasteiger partial charge >= 0.3 is 0 Å². The second-order valence-electron chi connectivity index (χ2n) is 7.39. The number of nitrogens with one attached hydrogen (secondary N) is 1. The first-order valence-corrected chi connectivity index (χ1v) is 8.10. The Bertz CT molecular complexity index is 328. The summed E-state index contributed by atoms with van der Waals surface area (Å²) < 4.78 is 5.58. The van der Waals surface area contributed by atoms with Gasteiger partial charge in [-0.05, 0) is 32.1 Å². The van der Waals surface area contributed by atoms with E-state index in [2.05, 4.69) is 24.1 Å². The molecule has 0 radical (unpaired) electrons. The van der Waals surface area contributed by atoms with Crippen molar-refractivity contribution < 1.29 is 9.53 Å². The van der Waals surface area contributed by atoms with Crippen molar-refractivity contribution in [1.82, 2.24) is 10.2 Å². The molecule has 0 aromatic carbocycles. The third kappa shape index (κ3) is 9.72. The van der Waals surface area contributed by atoms with Gasteiger partial charge in [-0.3, -0.25) is 4.79 Å². The van der Waals surface area contributed by atoms with Gasteiger partial charge in [-0.1, -0.05) is 20.8 Å². The molecular weight excluding hydrogens is 337 g/mol.